The van der Waals surface area contributed by atoms with Gasteiger partial charge in [0, 0.05) is 12.2 Å². The number of nitrogens with zero attached hydrogens (tertiary/aromatic N) is 1. The van der Waals surface area contributed by atoms with Crippen molar-refractivity contribution in [3.05, 3.63) is 36.5 Å². The van der Waals surface area contributed by atoms with Crippen LogP contribution in [0.25, 0.3) is 0 Å². The monoisotopic (exact) mass is 225 g/mol. The van der Waals surface area contributed by atoms with Gasteiger partial charge in [-0.05, 0) is 32.9 Å². The van der Waals surface area contributed by atoms with Crippen molar-refractivity contribution in [2.75, 3.05) is 4.90 Å². The minimum Gasteiger partial charge on any atom is -0.345 e. The quantitative estimate of drug-likeness (QED) is 0.746. The molecule has 3 heteroatoms. The number of anilines is 1. The van der Waals surface area contributed by atoms with E-state index in [1.54, 1.807) is 6.07 Å². The lowest BCUT2D eigenvalue weighted by molar-refractivity contribution is 0.774. The lowest BCUT2D eigenvalue weighted by Gasteiger charge is -2.26. The standard InChI is InChI=1S/C12H16FNS/c1-4-9-14(10(2)3)11-7-5-6-8-12(11)15-13/h4-10H,1-3H3/b9-4-. The number of allylic oxidation sites excluding steroid dienone is 1. The maximum Gasteiger partial charge on any atom is 0.0834 e. The molecule has 0 atom stereocenters. The van der Waals surface area contributed by atoms with Crippen LogP contribution in [0.2, 0.25) is 0 Å². The molecule has 0 aliphatic carbocycles. The first-order chi connectivity index (χ1) is 7.20. The van der Waals surface area contributed by atoms with E-state index in [0.717, 1.165) is 5.69 Å². The average Bonchev–Trinajstić information content (AvgIpc) is 2.25. The van der Waals surface area contributed by atoms with E-state index >= 15 is 0 Å². The highest BCUT2D eigenvalue weighted by atomic mass is 32.2. The molecule has 0 aliphatic rings. The molecule has 0 N–H and O–H groups in total. The van der Waals surface area contributed by atoms with Crippen LogP contribution in [0.5, 0.6) is 0 Å². The lowest BCUT2D eigenvalue weighted by atomic mass is 10.2. The second-order valence-corrected chi connectivity index (χ2v) is 4.12. The topological polar surface area (TPSA) is 3.24 Å². The summed E-state index contributed by atoms with van der Waals surface area (Å²) < 4.78 is 12.7. The average molecular weight is 225 g/mol. The lowest BCUT2D eigenvalue weighted by Crippen LogP contribution is -2.24. The summed E-state index contributed by atoms with van der Waals surface area (Å²) in [7, 11) is 0. The summed E-state index contributed by atoms with van der Waals surface area (Å²) in [6.45, 7) is 6.12. The molecule has 0 aliphatic heterocycles. The maximum atomic E-state index is 12.7. The van der Waals surface area contributed by atoms with Gasteiger partial charge in [0.1, 0.15) is 0 Å². The van der Waals surface area contributed by atoms with Crippen LogP contribution in [0.1, 0.15) is 20.8 Å². The number of para-hydroxylation sites is 1. The molecule has 1 aromatic rings. The molecule has 1 rings (SSSR count). The molecule has 15 heavy (non-hydrogen) atoms. The summed E-state index contributed by atoms with van der Waals surface area (Å²) in [4.78, 5) is 2.71. The Kier molecular flexibility index (Phi) is 4.69. The van der Waals surface area contributed by atoms with Crippen LogP contribution in [0.4, 0.5) is 9.57 Å². The highest BCUT2D eigenvalue weighted by molar-refractivity contribution is 7.94. The van der Waals surface area contributed by atoms with Crippen molar-refractivity contribution in [1.82, 2.24) is 0 Å². The molecule has 0 saturated carbocycles. The Morgan fingerprint density at radius 2 is 2.00 bits per heavy atom. The fourth-order valence-corrected chi connectivity index (χ4v) is 1.81. The van der Waals surface area contributed by atoms with E-state index in [-0.39, 0.29) is 0 Å². The van der Waals surface area contributed by atoms with E-state index in [0.29, 0.717) is 23.1 Å². The summed E-state index contributed by atoms with van der Waals surface area (Å²) in [5, 5.41) is 0. The van der Waals surface area contributed by atoms with Gasteiger partial charge in [-0.1, -0.05) is 18.2 Å². The SMILES string of the molecule is C/C=C\N(c1ccccc1SF)C(C)C. The van der Waals surface area contributed by atoms with Crippen LogP contribution in [-0.4, -0.2) is 6.04 Å². The van der Waals surface area contributed by atoms with Crippen molar-refractivity contribution < 1.29 is 3.89 Å². The predicted octanol–water partition coefficient (Wildman–Crippen LogP) is 4.41. The molecular weight excluding hydrogens is 209 g/mol. The van der Waals surface area contributed by atoms with Crippen molar-refractivity contribution in [2.24, 2.45) is 0 Å². The maximum absolute atomic E-state index is 12.7. The van der Waals surface area contributed by atoms with Crippen molar-refractivity contribution in [3.63, 3.8) is 0 Å². The highest BCUT2D eigenvalue weighted by Gasteiger charge is 2.11. The summed E-state index contributed by atoms with van der Waals surface area (Å²) in [5.41, 5.74) is 0.915. The van der Waals surface area contributed by atoms with Gasteiger partial charge in [0.2, 0.25) is 0 Å². The van der Waals surface area contributed by atoms with Gasteiger partial charge >= 0.3 is 0 Å². The molecule has 0 unspecified atom stereocenters. The van der Waals surface area contributed by atoms with E-state index in [1.807, 2.05) is 37.4 Å². The molecule has 0 spiro atoms. The smallest absolute Gasteiger partial charge is 0.0834 e. The fraction of sp³-hybridized carbons (Fsp3) is 0.333. The highest BCUT2D eigenvalue weighted by Crippen LogP contribution is 2.31. The van der Waals surface area contributed by atoms with E-state index in [2.05, 4.69) is 18.7 Å². The normalized spacial score (nSPS) is 11.3. The zero-order valence-electron chi connectivity index (χ0n) is 9.27. The largest absolute Gasteiger partial charge is 0.345 e. The van der Waals surface area contributed by atoms with Gasteiger partial charge < -0.3 is 4.90 Å². The zero-order chi connectivity index (χ0) is 11.3. The van der Waals surface area contributed by atoms with Crippen LogP contribution in [0.3, 0.4) is 0 Å². The van der Waals surface area contributed by atoms with Crippen molar-refractivity contribution >= 4 is 17.8 Å². The summed E-state index contributed by atoms with van der Waals surface area (Å²) >= 11 is 0.291. The van der Waals surface area contributed by atoms with E-state index in [9.17, 15) is 3.89 Å². The van der Waals surface area contributed by atoms with Crippen molar-refractivity contribution in [1.29, 1.82) is 0 Å². The van der Waals surface area contributed by atoms with E-state index in [4.69, 9.17) is 0 Å². The first-order valence-corrected chi connectivity index (χ1v) is 5.71. The molecule has 82 valence electrons. The minimum absolute atomic E-state index is 0.291. The summed E-state index contributed by atoms with van der Waals surface area (Å²) in [5.74, 6) is 0. The predicted molar refractivity (Wildman–Crippen MR) is 65.8 cm³/mol. The third kappa shape index (κ3) is 2.99. The molecular formula is C12H16FNS. The number of benzene rings is 1. The Bertz CT molecular complexity index is 336. The second-order valence-electron chi connectivity index (χ2n) is 3.53. The van der Waals surface area contributed by atoms with Crippen LogP contribution >= 0.6 is 12.1 Å². The first kappa shape index (κ1) is 12.1. The molecule has 0 saturated heterocycles. The Labute approximate surface area is 95.3 Å². The Morgan fingerprint density at radius 1 is 1.33 bits per heavy atom. The van der Waals surface area contributed by atoms with Crippen LogP contribution in [0, 0.1) is 0 Å². The van der Waals surface area contributed by atoms with Crippen LogP contribution in [-0.2, 0) is 0 Å². The molecule has 1 nitrogen and oxygen atoms in total. The second kappa shape index (κ2) is 5.81. The van der Waals surface area contributed by atoms with Gasteiger partial charge in [-0.15, -0.1) is 0 Å². The third-order valence-electron chi connectivity index (χ3n) is 2.09. The number of halogens is 1. The fourth-order valence-electron chi connectivity index (χ4n) is 1.43. The molecule has 0 heterocycles. The minimum atomic E-state index is 0.291. The van der Waals surface area contributed by atoms with Gasteiger partial charge in [-0.3, -0.25) is 0 Å². The van der Waals surface area contributed by atoms with Crippen LogP contribution < -0.4 is 4.90 Å². The third-order valence-corrected chi connectivity index (χ3v) is 2.60. The van der Waals surface area contributed by atoms with Gasteiger partial charge in [-0.2, -0.15) is 3.89 Å². The van der Waals surface area contributed by atoms with E-state index in [1.165, 1.54) is 0 Å². The zero-order valence-corrected chi connectivity index (χ0v) is 10.1. The van der Waals surface area contributed by atoms with Crippen LogP contribution in [0.15, 0.2) is 41.4 Å². The van der Waals surface area contributed by atoms with E-state index < -0.39 is 0 Å². The molecule has 0 amide bonds. The van der Waals surface area contributed by atoms with Gasteiger partial charge in [0.05, 0.1) is 22.7 Å². The summed E-state index contributed by atoms with van der Waals surface area (Å²) in [6, 6.07) is 7.81. The van der Waals surface area contributed by atoms with Gasteiger partial charge in [0.25, 0.3) is 0 Å². The molecule has 0 bridgehead atoms. The summed E-state index contributed by atoms with van der Waals surface area (Å²) in [6.07, 6.45) is 3.93. The molecule has 1 aromatic carbocycles. The number of rotatable bonds is 4. The van der Waals surface area contributed by atoms with Gasteiger partial charge in [0.15, 0.2) is 0 Å². The molecule has 0 aromatic heterocycles. The Balaban J connectivity index is 3.10. The van der Waals surface area contributed by atoms with Crippen molar-refractivity contribution in [2.45, 2.75) is 31.7 Å². The Morgan fingerprint density at radius 3 is 2.53 bits per heavy atom. The first-order valence-electron chi connectivity index (χ1n) is 4.99. The van der Waals surface area contributed by atoms with Crippen molar-refractivity contribution in [3.8, 4) is 0 Å². The molecule has 0 radical (unpaired) electrons. The number of hydrogen-bond acceptors (Lipinski definition) is 2. The number of hydrogen-bond donors (Lipinski definition) is 0. The molecule has 0 fully saturated rings. The van der Waals surface area contributed by atoms with Gasteiger partial charge in [-0.25, -0.2) is 0 Å². The Hall–Kier alpha value is -0.960.